The Kier molecular flexibility index (Phi) is 6.88. The molecule has 2 aliphatic rings. The number of hydrogen-bond acceptors (Lipinski definition) is 4. The van der Waals surface area contributed by atoms with E-state index >= 15 is 0 Å². The van der Waals surface area contributed by atoms with E-state index in [0.717, 1.165) is 45.1 Å². The van der Waals surface area contributed by atoms with Gasteiger partial charge in [0.15, 0.2) is 0 Å². The van der Waals surface area contributed by atoms with Crippen molar-refractivity contribution in [3.05, 3.63) is 22.4 Å². The van der Waals surface area contributed by atoms with Gasteiger partial charge < -0.3 is 15.5 Å². The second-order valence-electron chi connectivity index (χ2n) is 7.62. The molecule has 2 heterocycles. The molecule has 1 saturated carbocycles. The smallest absolute Gasteiger partial charge is 0.262 e. The van der Waals surface area contributed by atoms with Crippen LogP contribution in [-0.4, -0.2) is 47.8 Å². The van der Waals surface area contributed by atoms with Gasteiger partial charge in [-0.2, -0.15) is 0 Å². The molecule has 7 heteroatoms. The zero-order valence-electron chi connectivity index (χ0n) is 15.9. The molecule has 27 heavy (non-hydrogen) atoms. The van der Waals surface area contributed by atoms with Crippen LogP contribution in [0.15, 0.2) is 17.5 Å². The predicted octanol–water partition coefficient (Wildman–Crippen LogP) is 2.55. The van der Waals surface area contributed by atoms with Gasteiger partial charge in [-0.3, -0.25) is 14.4 Å². The fraction of sp³-hybridized carbons (Fsp3) is 0.650. The molecule has 2 fully saturated rings. The van der Waals surface area contributed by atoms with Crippen LogP contribution in [0.4, 0.5) is 0 Å². The largest absolute Gasteiger partial charge is 0.345 e. The van der Waals surface area contributed by atoms with Gasteiger partial charge in [0.25, 0.3) is 5.91 Å². The van der Waals surface area contributed by atoms with Crippen LogP contribution >= 0.6 is 11.3 Å². The highest BCUT2D eigenvalue weighted by molar-refractivity contribution is 7.12. The zero-order valence-corrected chi connectivity index (χ0v) is 16.7. The Balaban J connectivity index is 1.61. The van der Waals surface area contributed by atoms with E-state index in [9.17, 15) is 14.4 Å². The lowest BCUT2D eigenvalue weighted by Crippen LogP contribution is -2.53. The van der Waals surface area contributed by atoms with E-state index in [4.69, 9.17) is 0 Å². The molecule has 1 aliphatic heterocycles. The molecule has 1 aromatic heterocycles. The summed E-state index contributed by atoms with van der Waals surface area (Å²) >= 11 is 1.36. The first-order valence-electron chi connectivity index (χ1n) is 9.98. The third-order valence-electron chi connectivity index (χ3n) is 5.72. The number of rotatable bonds is 6. The predicted molar refractivity (Wildman–Crippen MR) is 106 cm³/mol. The third-order valence-corrected chi connectivity index (χ3v) is 6.59. The van der Waals surface area contributed by atoms with Crippen molar-refractivity contribution < 1.29 is 14.4 Å². The van der Waals surface area contributed by atoms with E-state index in [1.165, 1.54) is 17.8 Å². The van der Waals surface area contributed by atoms with E-state index < -0.39 is 6.04 Å². The van der Waals surface area contributed by atoms with E-state index in [0.29, 0.717) is 4.88 Å². The first-order chi connectivity index (χ1) is 13.1. The molecular formula is C20H29N3O3S. The molecule has 1 aromatic rings. The SMILES string of the molecule is CC1CCCN1C(=O)CNC(=O)C(NC(=O)c1cccs1)C1CCCCC1. The summed E-state index contributed by atoms with van der Waals surface area (Å²) in [4.78, 5) is 40.2. The molecule has 3 amide bonds. The highest BCUT2D eigenvalue weighted by Crippen LogP contribution is 2.27. The Bertz CT molecular complexity index is 655. The van der Waals surface area contributed by atoms with E-state index in [1.807, 2.05) is 23.3 Å². The molecule has 0 aromatic carbocycles. The summed E-state index contributed by atoms with van der Waals surface area (Å²) < 4.78 is 0. The minimum Gasteiger partial charge on any atom is -0.345 e. The van der Waals surface area contributed by atoms with Crippen molar-refractivity contribution in [2.45, 2.75) is 64.0 Å². The summed E-state index contributed by atoms with van der Waals surface area (Å²) in [6.45, 7) is 2.80. The van der Waals surface area contributed by atoms with Crippen LogP contribution < -0.4 is 10.6 Å². The zero-order chi connectivity index (χ0) is 19.2. The van der Waals surface area contributed by atoms with Crippen LogP contribution in [0.3, 0.4) is 0 Å². The van der Waals surface area contributed by atoms with Gasteiger partial charge in [-0.15, -0.1) is 11.3 Å². The third kappa shape index (κ3) is 5.09. The van der Waals surface area contributed by atoms with Crippen molar-refractivity contribution in [1.29, 1.82) is 0 Å². The molecule has 148 valence electrons. The maximum Gasteiger partial charge on any atom is 0.262 e. The number of carbonyl (C=O) groups excluding carboxylic acids is 3. The van der Waals surface area contributed by atoms with Crippen LogP contribution in [0.5, 0.6) is 0 Å². The number of likely N-dealkylation sites (tertiary alicyclic amines) is 1. The average Bonchev–Trinajstić information content (AvgIpc) is 3.36. The van der Waals surface area contributed by atoms with Gasteiger partial charge in [0.05, 0.1) is 11.4 Å². The van der Waals surface area contributed by atoms with Crippen molar-refractivity contribution in [2.24, 2.45) is 5.92 Å². The van der Waals surface area contributed by atoms with Crippen molar-refractivity contribution in [2.75, 3.05) is 13.1 Å². The lowest BCUT2D eigenvalue weighted by Gasteiger charge is -2.30. The van der Waals surface area contributed by atoms with Gasteiger partial charge in [0.2, 0.25) is 11.8 Å². The molecule has 0 radical (unpaired) electrons. The van der Waals surface area contributed by atoms with Gasteiger partial charge in [0.1, 0.15) is 6.04 Å². The lowest BCUT2D eigenvalue weighted by molar-refractivity contribution is -0.134. The number of hydrogen-bond donors (Lipinski definition) is 2. The Morgan fingerprint density at radius 1 is 1.19 bits per heavy atom. The minimum atomic E-state index is -0.580. The van der Waals surface area contributed by atoms with Gasteiger partial charge in [-0.25, -0.2) is 0 Å². The van der Waals surface area contributed by atoms with Crippen molar-refractivity contribution in [1.82, 2.24) is 15.5 Å². The monoisotopic (exact) mass is 391 g/mol. The fourth-order valence-electron chi connectivity index (χ4n) is 4.16. The number of nitrogens with zero attached hydrogens (tertiary/aromatic N) is 1. The summed E-state index contributed by atoms with van der Waals surface area (Å²) in [5.74, 6) is -0.369. The summed E-state index contributed by atoms with van der Waals surface area (Å²) in [5, 5.41) is 7.56. The quantitative estimate of drug-likeness (QED) is 0.782. The van der Waals surface area contributed by atoms with Gasteiger partial charge in [-0.05, 0) is 50.0 Å². The molecule has 0 bridgehead atoms. The average molecular weight is 392 g/mol. The number of nitrogens with one attached hydrogen (secondary N) is 2. The molecule has 6 nitrogen and oxygen atoms in total. The second kappa shape index (κ2) is 9.35. The molecule has 2 unspecified atom stereocenters. The number of carbonyl (C=O) groups is 3. The molecule has 0 spiro atoms. The summed E-state index contributed by atoms with van der Waals surface area (Å²) in [6.07, 6.45) is 7.22. The highest BCUT2D eigenvalue weighted by Gasteiger charge is 2.32. The van der Waals surface area contributed by atoms with E-state index in [2.05, 4.69) is 10.6 Å². The number of amides is 3. The van der Waals surface area contributed by atoms with Gasteiger partial charge in [0, 0.05) is 12.6 Å². The lowest BCUT2D eigenvalue weighted by atomic mass is 9.83. The Morgan fingerprint density at radius 2 is 1.96 bits per heavy atom. The Hall–Kier alpha value is -1.89. The molecule has 1 aliphatic carbocycles. The first-order valence-corrected chi connectivity index (χ1v) is 10.9. The van der Waals surface area contributed by atoms with Gasteiger partial charge in [-0.1, -0.05) is 25.3 Å². The van der Waals surface area contributed by atoms with Crippen molar-refractivity contribution in [3.8, 4) is 0 Å². The molecule has 2 N–H and O–H groups in total. The molecular weight excluding hydrogens is 362 g/mol. The standard InChI is InChI=1S/C20H29N3O3S/c1-14-7-5-11-23(14)17(24)13-21-20(26)18(15-8-3-2-4-9-15)22-19(25)16-10-6-12-27-16/h6,10,12,14-15,18H,2-5,7-9,11,13H2,1H3,(H,21,26)(H,22,25). The topological polar surface area (TPSA) is 78.5 Å². The highest BCUT2D eigenvalue weighted by atomic mass is 32.1. The Labute approximate surface area is 164 Å². The maximum absolute atomic E-state index is 12.9. The minimum absolute atomic E-state index is 0.00126. The summed E-state index contributed by atoms with van der Waals surface area (Å²) in [7, 11) is 0. The fourth-order valence-corrected chi connectivity index (χ4v) is 4.79. The van der Waals surface area contributed by atoms with Crippen LogP contribution in [0.1, 0.15) is 61.5 Å². The summed E-state index contributed by atoms with van der Waals surface area (Å²) in [6, 6.07) is 3.24. The van der Waals surface area contributed by atoms with Crippen LogP contribution in [0.25, 0.3) is 0 Å². The van der Waals surface area contributed by atoms with Gasteiger partial charge >= 0.3 is 0 Å². The molecule has 3 rings (SSSR count). The number of thiophene rings is 1. The van der Waals surface area contributed by atoms with Crippen LogP contribution in [0.2, 0.25) is 0 Å². The molecule has 1 saturated heterocycles. The molecule has 2 atom stereocenters. The van der Waals surface area contributed by atoms with Crippen molar-refractivity contribution in [3.63, 3.8) is 0 Å². The van der Waals surface area contributed by atoms with Crippen molar-refractivity contribution >= 4 is 29.1 Å². The maximum atomic E-state index is 12.9. The summed E-state index contributed by atoms with van der Waals surface area (Å²) in [5.41, 5.74) is 0. The second-order valence-corrected chi connectivity index (χ2v) is 8.57. The van der Waals surface area contributed by atoms with Crippen LogP contribution in [-0.2, 0) is 9.59 Å². The Morgan fingerprint density at radius 3 is 2.59 bits per heavy atom. The van der Waals surface area contributed by atoms with Crippen LogP contribution in [0, 0.1) is 5.92 Å². The van der Waals surface area contributed by atoms with E-state index in [1.54, 1.807) is 6.07 Å². The normalized spacial score (nSPS) is 21.7. The van der Waals surface area contributed by atoms with E-state index in [-0.39, 0.29) is 36.2 Å². The first kappa shape index (κ1) is 19.9.